The van der Waals surface area contributed by atoms with Crippen LogP contribution < -0.4 is 15.5 Å². The first kappa shape index (κ1) is 20.3. The van der Waals surface area contributed by atoms with Gasteiger partial charge >= 0.3 is 0 Å². The van der Waals surface area contributed by atoms with Crippen LogP contribution in [0.3, 0.4) is 0 Å². The van der Waals surface area contributed by atoms with Crippen molar-refractivity contribution in [3.63, 3.8) is 0 Å². The average molecular weight is 391 g/mol. The quantitative estimate of drug-likeness (QED) is 0.537. The highest BCUT2D eigenvalue weighted by atomic mass is 16.2. The summed E-state index contributed by atoms with van der Waals surface area (Å²) in [6.45, 7) is 4.58. The maximum absolute atomic E-state index is 12.5. The normalized spacial score (nSPS) is 12.2. The first-order chi connectivity index (χ1) is 14.1. The summed E-state index contributed by atoms with van der Waals surface area (Å²) in [6.07, 6.45) is 3.20. The van der Waals surface area contributed by atoms with E-state index in [-0.39, 0.29) is 24.1 Å². The van der Waals surface area contributed by atoms with Gasteiger partial charge in [-0.1, -0.05) is 43.0 Å². The summed E-state index contributed by atoms with van der Waals surface area (Å²) in [5.41, 5.74) is 3.52. The minimum absolute atomic E-state index is 0.0849. The molecule has 2 aromatic carbocycles. The van der Waals surface area contributed by atoms with Gasteiger partial charge in [-0.15, -0.1) is 0 Å². The highest BCUT2D eigenvalue weighted by Crippen LogP contribution is 2.28. The van der Waals surface area contributed by atoms with Crippen LogP contribution in [0, 0.1) is 0 Å². The lowest BCUT2D eigenvalue weighted by Crippen LogP contribution is -2.31. The summed E-state index contributed by atoms with van der Waals surface area (Å²) < 4.78 is 0. The minimum Gasteiger partial charge on any atom is -0.356 e. The number of rotatable bonds is 8. The molecule has 6 nitrogen and oxygen atoms in total. The highest BCUT2D eigenvalue weighted by molar-refractivity contribution is 6.00. The van der Waals surface area contributed by atoms with Crippen LogP contribution in [0.4, 0.5) is 11.4 Å². The number of amides is 3. The molecule has 0 bridgehead atoms. The summed E-state index contributed by atoms with van der Waals surface area (Å²) in [7, 11) is 0. The Balaban J connectivity index is 1.44. The van der Waals surface area contributed by atoms with Crippen LogP contribution in [0.25, 0.3) is 0 Å². The van der Waals surface area contributed by atoms with Crippen LogP contribution in [-0.4, -0.2) is 30.8 Å². The molecule has 0 saturated carbocycles. The van der Waals surface area contributed by atoms with Crippen LogP contribution >= 0.6 is 0 Å². The molecule has 1 heterocycles. The Morgan fingerprint density at radius 1 is 1.07 bits per heavy atom. The summed E-state index contributed by atoms with van der Waals surface area (Å²) >= 11 is 0. The zero-order valence-electron chi connectivity index (χ0n) is 16.3. The van der Waals surface area contributed by atoms with E-state index in [0.717, 1.165) is 24.2 Å². The Labute approximate surface area is 170 Å². The zero-order valence-corrected chi connectivity index (χ0v) is 16.3. The summed E-state index contributed by atoms with van der Waals surface area (Å²) in [4.78, 5) is 38.1. The van der Waals surface area contributed by atoms with Crippen LogP contribution in [0.1, 0.15) is 24.0 Å². The summed E-state index contributed by atoms with van der Waals surface area (Å²) in [6, 6.07) is 15.1. The third-order valence-corrected chi connectivity index (χ3v) is 4.89. The molecule has 0 aliphatic carbocycles. The first-order valence-electron chi connectivity index (χ1n) is 9.75. The fourth-order valence-corrected chi connectivity index (χ4v) is 3.42. The van der Waals surface area contributed by atoms with Crippen molar-refractivity contribution in [1.82, 2.24) is 5.32 Å². The smallest absolute Gasteiger partial charge is 0.247 e. The maximum Gasteiger partial charge on any atom is 0.247 e. The van der Waals surface area contributed by atoms with Gasteiger partial charge in [-0.3, -0.25) is 14.4 Å². The molecule has 0 aromatic heterocycles. The molecule has 150 valence electrons. The highest BCUT2D eigenvalue weighted by Gasteiger charge is 2.23. The molecule has 2 aromatic rings. The van der Waals surface area contributed by atoms with E-state index < -0.39 is 0 Å². The molecule has 0 unspecified atom stereocenters. The predicted molar refractivity (Wildman–Crippen MR) is 114 cm³/mol. The molecular weight excluding hydrogens is 366 g/mol. The maximum atomic E-state index is 12.5. The molecule has 0 saturated heterocycles. The van der Waals surface area contributed by atoms with Crippen molar-refractivity contribution >= 4 is 29.1 Å². The van der Waals surface area contributed by atoms with Crippen molar-refractivity contribution < 1.29 is 14.4 Å². The number of nitrogens with zero attached hydrogens (tertiary/aromatic N) is 1. The lowest BCUT2D eigenvalue weighted by atomic mass is 10.1. The standard InChI is InChI=1S/C23H25N3O3/c1-2-21(27)25-19-10-5-3-9-18(19)16-22(28)24-14-7-12-23(29)26-15-13-17-8-4-6-11-20(17)26/h2-6,8-11H,1,7,12-16H2,(H,24,28)(H,25,27). The van der Waals surface area contributed by atoms with Gasteiger partial charge in [0.1, 0.15) is 0 Å². The van der Waals surface area contributed by atoms with E-state index in [1.165, 1.54) is 11.6 Å². The summed E-state index contributed by atoms with van der Waals surface area (Å²) in [5, 5.41) is 5.55. The van der Waals surface area contributed by atoms with E-state index in [0.29, 0.717) is 25.1 Å². The van der Waals surface area contributed by atoms with Crippen LogP contribution in [0.5, 0.6) is 0 Å². The Hall–Kier alpha value is -3.41. The number of para-hydroxylation sites is 2. The molecular formula is C23H25N3O3. The third-order valence-electron chi connectivity index (χ3n) is 4.89. The summed E-state index contributed by atoms with van der Waals surface area (Å²) in [5.74, 6) is -0.384. The van der Waals surface area contributed by atoms with E-state index in [1.807, 2.05) is 29.2 Å². The number of anilines is 2. The molecule has 6 heteroatoms. The van der Waals surface area contributed by atoms with Crippen molar-refractivity contribution in [3.8, 4) is 0 Å². The van der Waals surface area contributed by atoms with Gasteiger partial charge < -0.3 is 15.5 Å². The van der Waals surface area contributed by atoms with Gasteiger partial charge in [-0.2, -0.15) is 0 Å². The second-order valence-corrected chi connectivity index (χ2v) is 6.90. The molecule has 0 spiro atoms. The molecule has 29 heavy (non-hydrogen) atoms. The molecule has 0 fully saturated rings. The van der Waals surface area contributed by atoms with E-state index in [9.17, 15) is 14.4 Å². The average Bonchev–Trinajstić information content (AvgIpc) is 3.16. The van der Waals surface area contributed by atoms with Crippen molar-refractivity contribution in [2.24, 2.45) is 0 Å². The Kier molecular flexibility index (Phi) is 6.79. The van der Waals surface area contributed by atoms with E-state index in [4.69, 9.17) is 0 Å². The Morgan fingerprint density at radius 2 is 1.83 bits per heavy atom. The van der Waals surface area contributed by atoms with Gasteiger partial charge in [0.15, 0.2) is 0 Å². The first-order valence-corrected chi connectivity index (χ1v) is 9.75. The lowest BCUT2D eigenvalue weighted by Gasteiger charge is -2.17. The lowest BCUT2D eigenvalue weighted by molar-refractivity contribution is -0.121. The van der Waals surface area contributed by atoms with Gasteiger partial charge in [-0.25, -0.2) is 0 Å². The fourth-order valence-electron chi connectivity index (χ4n) is 3.42. The minimum atomic E-state index is -0.320. The number of hydrogen-bond donors (Lipinski definition) is 2. The number of carbonyl (C=O) groups excluding carboxylic acids is 3. The van der Waals surface area contributed by atoms with E-state index in [1.54, 1.807) is 18.2 Å². The molecule has 0 atom stereocenters. The van der Waals surface area contributed by atoms with Crippen molar-refractivity contribution in [3.05, 3.63) is 72.3 Å². The van der Waals surface area contributed by atoms with Gasteiger partial charge in [0.2, 0.25) is 17.7 Å². The Bertz CT molecular complexity index is 923. The van der Waals surface area contributed by atoms with Crippen LogP contribution in [0.2, 0.25) is 0 Å². The van der Waals surface area contributed by atoms with Crippen molar-refractivity contribution in [2.75, 3.05) is 23.3 Å². The number of carbonyl (C=O) groups is 3. The van der Waals surface area contributed by atoms with Gasteiger partial charge in [0.05, 0.1) is 6.42 Å². The SMILES string of the molecule is C=CC(=O)Nc1ccccc1CC(=O)NCCCC(=O)N1CCc2ccccc21. The number of hydrogen-bond acceptors (Lipinski definition) is 3. The molecule has 3 rings (SSSR count). The fraction of sp³-hybridized carbons (Fsp3) is 0.261. The molecule has 3 amide bonds. The topological polar surface area (TPSA) is 78.5 Å². The van der Waals surface area contributed by atoms with Gasteiger partial charge in [-0.05, 0) is 42.2 Å². The van der Waals surface area contributed by atoms with Crippen molar-refractivity contribution in [2.45, 2.75) is 25.7 Å². The zero-order chi connectivity index (χ0) is 20.6. The molecule has 2 N–H and O–H groups in total. The second-order valence-electron chi connectivity index (χ2n) is 6.90. The monoisotopic (exact) mass is 391 g/mol. The largest absolute Gasteiger partial charge is 0.356 e. The molecule has 1 aliphatic heterocycles. The Morgan fingerprint density at radius 3 is 2.66 bits per heavy atom. The van der Waals surface area contributed by atoms with Crippen molar-refractivity contribution in [1.29, 1.82) is 0 Å². The van der Waals surface area contributed by atoms with E-state index in [2.05, 4.69) is 23.3 Å². The van der Waals surface area contributed by atoms with Gasteiger partial charge in [0.25, 0.3) is 0 Å². The van der Waals surface area contributed by atoms with Gasteiger partial charge in [0, 0.05) is 30.9 Å². The molecule has 0 radical (unpaired) electrons. The van der Waals surface area contributed by atoms with E-state index >= 15 is 0 Å². The number of fused-ring (bicyclic) bond motifs is 1. The predicted octanol–water partition coefficient (Wildman–Crippen LogP) is 2.84. The number of nitrogens with one attached hydrogen (secondary N) is 2. The second kappa shape index (κ2) is 9.68. The number of benzene rings is 2. The molecule has 1 aliphatic rings. The van der Waals surface area contributed by atoms with Crippen LogP contribution in [-0.2, 0) is 27.2 Å². The van der Waals surface area contributed by atoms with Crippen LogP contribution in [0.15, 0.2) is 61.2 Å². The third kappa shape index (κ3) is 5.31.